The number of nitrogens with zero attached hydrogens (tertiary/aromatic N) is 3. The Bertz CT molecular complexity index is 770. The van der Waals surface area contributed by atoms with Crippen LogP contribution >= 0.6 is 24.8 Å². The van der Waals surface area contributed by atoms with Gasteiger partial charge in [-0.2, -0.15) is 0 Å². The van der Waals surface area contributed by atoms with Crippen LogP contribution in [-0.2, 0) is 0 Å². The summed E-state index contributed by atoms with van der Waals surface area (Å²) in [5, 5.41) is 0. The molecule has 0 aliphatic carbocycles. The van der Waals surface area contributed by atoms with E-state index in [1.54, 1.807) is 6.07 Å². The van der Waals surface area contributed by atoms with Crippen LogP contribution in [0.3, 0.4) is 0 Å². The highest BCUT2D eigenvalue weighted by Gasteiger charge is 2.46. The van der Waals surface area contributed by atoms with Crippen LogP contribution in [0.2, 0.25) is 0 Å². The second-order valence-electron chi connectivity index (χ2n) is 7.31. The van der Waals surface area contributed by atoms with Gasteiger partial charge in [0.1, 0.15) is 5.82 Å². The van der Waals surface area contributed by atoms with Crippen molar-refractivity contribution in [2.75, 3.05) is 31.6 Å². The Labute approximate surface area is 167 Å². The van der Waals surface area contributed by atoms with E-state index in [1.807, 2.05) is 12.3 Å². The van der Waals surface area contributed by atoms with E-state index >= 15 is 0 Å². The van der Waals surface area contributed by atoms with Crippen molar-refractivity contribution in [1.29, 1.82) is 0 Å². The van der Waals surface area contributed by atoms with Crippen LogP contribution in [-0.4, -0.2) is 36.6 Å². The lowest BCUT2D eigenvalue weighted by atomic mass is 9.89. The van der Waals surface area contributed by atoms with Crippen molar-refractivity contribution in [3.8, 4) is 0 Å². The van der Waals surface area contributed by atoms with E-state index in [1.165, 1.54) is 17.3 Å². The molecular weight excluding hydrogens is 372 g/mol. The van der Waals surface area contributed by atoms with Gasteiger partial charge in [-0.3, -0.25) is 9.88 Å². The number of likely N-dealkylation sites (tertiary alicyclic amines) is 1. The Balaban J connectivity index is 0.00000121. The summed E-state index contributed by atoms with van der Waals surface area (Å²) in [6.07, 6.45) is 1.90. The van der Waals surface area contributed by atoms with Gasteiger partial charge >= 0.3 is 0 Å². The average Bonchev–Trinajstić information content (AvgIpc) is 3.06. The van der Waals surface area contributed by atoms with Gasteiger partial charge in [-0.1, -0.05) is 12.1 Å². The first-order chi connectivity index (χ1) is 11.5. The molecule has 142 valence electrons. The number of benzene rings is 1. The van der Waals surface area contributed by atoms with E-state index in [0.717, 1.165) is 30.9 Å². The van der Waals surface area contributed by atoms with Crippen LogP contribution in [0.25, 0.3) is 0 Å². The molecule has 3 atom stereocenters. The molecule has 2 aliphatic rings. The molecule has 1 aromatic heterocycles. The van der Waals surface area contributed by atoms with E-state index in [0.29, 0.717) is 17.9 Å². The molecule has 1 aromatic carbocycles. The Morgan fingerprint density at radius 1 is 1.08 bits per heavy atom. The molecule has 2 saturated heterocycles. The average molecular weight is 398 g/mol. The van der Waals surface area contributed by atoms with Gasteiger partial charge in [0.05, 0.1) is 0 Å². The lowest BCUT2D eigenvalue weighted by Crippen LogP contribution is -2.29. The predicted molar refractivity (Wildman–Crippen MR) is 109 cm³/mol. The number of fused-ring (bicyclic) bond motifs is 1. The zero-order valence-corrected chi connectivity index (χ0v) is 17.0. The van der Waals surface area contributed by atoms with Crippen molar-refractivity contribution in [3.05, 3.63) is 59.2 Å². The summed E-state index contributed by atoms with van der Waals surface area (Å²) in [5.74, 6) is 1.04. The molecule has 2 aromatic rings. The highest BCUT2D eigenvalue weighted by atomic mass is 35.5. The fourth-order valence-electron chi connectivity index (χ4n) is 4.62. The van der Waals surface area contributed by atoms with E-state index in [2.05, 4.69) is 47.8 Å². The Kier molecular flexibility index (Phi) is 6.54. The molecule has 0 N–H and O–H groups in total. The smallest absolute Gasteiger partial charge is 0.123 e. The van der Waals surface area contributed by atoms with Crippen molar-refractivity contribution in [2.24, 2.45) is 11.8 Å². The molecule has 2 aliphatic heterocycles. The molecule has 2 fully saturated rings. The third-order valence-corrected chi connectivity index (χ3v) is 5.85. The van der Waals surface area contributed by atoms with Crippen molar-refractivity contribution in [3.63, 3.8) is 0 Å². The van der Waals surface area contributed by atoms with Gasteiger partial charge in [0, 0.05) is 49.2 Å². The molecule has 4 rings (SSSR count). The second-order valence-corrected chi connectivity index (χ2v) is 7.31. The number of hydrogen-bond donors (Lipinski definition) is 0. The first kappa shape index (κ1) is 20.9. The van der Waals surface area contributed by atoms with Crippen molar-refractivity contribution in [1.82, 2.24) is 9.88 Å². The maximum Gasteiger partial charge on any atom is 0.123 e. The zero-order chi connectivity index (χ0) is 16.8. The normalized spacial score (nSPS) is 24.8. The van der Waals surface area contributed by atoms with E-state index in [-0.39, 0.29) is 30.6 Å². The van der Waals surface area contributed by atoms with Crippen LogP contribution < -0.4 is 4.90 Å². The number of aromatic nitrogens is 1. The quantitative estimate of drug-likeness (QED) is 0.747. The number of halogens is 3. The van der Waals surface area contributed by atoms with Gasteiger partial charge in [-0.05, 0) is 56.1 Å². The fraction of sp³-hybridized carbons (Fsp3) is 0.450. The van der Waals surface area contributed by atoms with Gasteiger partial charge in [-0.25, -0.2) is 4.39 Å². The molecule has 6 heteroatoms. The maximum absolute atomic E-state index is 13.7. The van der Waals surface area contributed by atoms with E-state index in [9.17, 15) is 4.39 Å². The number of anilines is 1. The van der Waals surface area contributed by atoms with Gasteiger partial charge in [0.2, 0.25) is 0 Å². The summed E-state index contributed by atoms with van der Waals surface area (Å²) in [6.45, 7) is 7.40. The first-order valence-electron chi connectivity index (χ1n) is 8.67. The highest BCUT2D eigenvalue weighted by molar-refractivity contribution is 5.85. The molecule has 0 amide bonds. The minimum atomic E-state index is -0.139. The zero-order valence-electron chi connectivity index (χ0n) is 15.4. The number of rotatable bonds is 2. The third-order valence-electron chi connectivity index (χ3n) is 5.85. The minimum Gasteiger partial charge on any atom is -0.371 e. The van der Waals surface area contributed by atoms with Gasteiger partial charge in [0.15, 0.2) is 0 Å². The molecule has 0 saturated carbocycles. The topological polar surface area (TPSA) is 19.4 Å². The molecule has 26 heavy (non-hydrogen) atoms. The summed E-state index contributed by atoms with van der Waals surface area (Å²) in [5.41, 5.74) is 4.78. The molecule has 0 spiro atoms. The van der Waals surface area contributed by atoms with Gasteiger partial charge in [0.25, 0.3) is 0 Å². The highest BCUT2D eigenvalue weighted by Crippen LogP contribution is 2.45. The minimum absolute atomic E-state index is 0. The number of hydrogen-bond acceptors (Lipinski definition) is 3. The third kappa shape index (κ3) is 3.55. The van der Waals surface area contributed by atoms with Crippen LogP contribution in [0.5, 0.6) is 0 Å². The standard InChI is InChI=1S/C20H24FN3.2ClH/c1-13-14(2)22-8-7-19(13)24-11-16-10-23(3)20(18(16)12-24)15-5-4-6-17(21)9-15;;/h4-9,16,18,20H,10-12H2,1-3H3;2*1H/t16-,18+,20-;;/m0../s1. The fourth-order valence-corrected chi connectivity index (χ4v) is 4.62. The predicted octanol–water partition coefficient (Wildman–Crippen LogP) is 4.42. The van der Waals surface area contributed by atoms with Crippen LogP contribution in [0.4, 0.5) is 10.1 Å². The number of aryl methyl sites for hydroxylation is 1. The van der Waals surface area contributed by atoms with E-state index < -0.39 is 0 Å². The summed E-state index contributed by atoms with van der Waals surface area (Å²) >= 11 is 0. The molecule has 3 heterocycles. The van der Waals surface area contributed by atoms with Gasteiger partial charge in [-0.15, -0.1) is 24.8 Å². The molecule has 0 radical (unpaired) electrons. The largest absolute Gasteiger partial charge is 0.371 e. The lowest BCUT2D eigenvalue weighted by molar-refractivity contribution is 0.279. The van der Waals surface area contributed by atoms with Crippen molar-refractivity contribution >= 4 is 30.5 Å². The molecular formula is C20H26Cl2FN3. The van der Waals surface area contributed by atoms with Crippen molar-refractivity contribution in [2.45, 2.75) is 19.9 Å². The summed E-state index contributed by atoms with van der Waals surface area (Å²) < 4.78 is 13.7. The van der Waals surface area contributed by atoms with E-state index in [4.69, 9.17) is 0 Å². The van der Waals surface area contributed by atoms with Crippen LogP contribution in [0.15, 0.2) is 36.5 Å². The first-order valence-corrected chi connectivity index (χ1v) is 8.67. The summed E-state index contributed by atoms with van der Waals surface area (Å²) in [6, 6.07) is 9.56. The molecule has 0 unspecified atom stereocenters. The Hall–Kier alpha value is -1.36. The Morgan fingerprint density at radius 2 is 1.85 bits per heavy atom. The van der Waals surface area contributed by atoms with Gasteiger partial charge < -0.3 is 4.90 Å². The summed E-state index contributed by atoms with van der Waals surface area (Å²) in [7, 11) is 2.17. The number of pyridine rings is 1. The monoisotopic (exact) mass is 397 g/mol. The van der Waals surface area contributed by atoms with Crippen LogP contribution in [0.1, 0.15) is 22.9 Å². The van der Waals surface area contributed by atoms with Crippen molar-refractivity contribution < 1.29 is 4.39 Å². The Morgan fingerprint density at radius 3 is 2.58 bits per heavy atom. The lowest BCUT2D eigenvalue weighted by Gasteiger charge is -2.28. The van der Waals surface area contributed by atoms with Crippen LogP contribution in [0, 0.1) is 31.5 Å². The summed E-state index contributed by atoms with van der Waals surface area (Å²) in [4.78, 5) is 9.28. The molecule has 3 nitrogen and oxygen atoms in total. The maximum atomic E-state index is 13.7. The second kappa shape index (κ2) is 8.12. The SMILES string of the molecule is Cc1nccc(N2C[C@@H]3CN(C)[C@@H](c4cccc(F)c4)[C@@H]3C2)c1C.Cl.Cl. The molecule has 0 bridgehead atoms.